The highest BCUT2D eigenvalue weighted by Crippen LogP contribution is 2.18. The van der Waals surface area contributed by atoms with Crippen LogP contribution in [0.3, 0.4) is 0 Å². The molecule has 0 heterocycles. The fraction of sp³-hybridized carbons (Fsp3) is 0.188. The minimum absolute atomic E-state index is 0.125. The number of anilines is 1. The molecule has 0 radical (unpaired) electrons. The molecule has 0 aliphatic heterocycles. The van der Waals surface area contributed by atoms with Crippen LogP contribution in [0.15, 0.2) is 54.6 Å². The molecule has 0 saturated heterocycles. The topological polar surface area (TPSA) is 53.1 Å². The molecule has 19 heavy (non-hydrogen) atoms. The number of rotatable bonds is 5. The van der Waals surface area contributed by atoms with Crippen LogP contribution < -0.4 is 10.6 Å². The Balaban J connectivity index is 2.27. The molecule has 3 nitrogen and oxygen atoms in total. The maximum absolute atomic E-state index is 7.64. The fourth-order valence-corrected chi connectivity index (χ4v) is 2.15. The van der Waals surface area contributed by atoms with E-state index in [-0.39, 0.29) is 5.84 Å². The first kappa shape index (κ1) is 13.1. The third kappa shape index (κ3) is 3.13. The summed E-state index contributed by atoms with van der Waals surface area (Å²) >= 11 is 0. The van der Waals surface area contributed by atoms with Gasteiger partial charge in [0.05, 0.1) is 0 Å². The molecule has 0 unspecified atom stereocenters. The Labute approximate surface area is 114 Å². The molecule has 0 fully saturated rings. The molecule has 0 aromatic heterocycles. The molecule has 0 amide bonds. The molecule has 0 atom stereocenters. The van der Waals surface area contributed by atoms with Crippen molar-refractivity contribution in [2.45, 2.75) is 13.5 Å². The van der Waals surface area contributed by atoms with Crippen LogP contribution >= 0.6 is 0 Å². The summed E-state index contributed by atoms with van der Waals surface area (Å²) in [6, 6.07) is 18.1. The second-order valence-corrected chi connectivity index (χ2v) is 4.42. The molecule has 0 aliphatic carbocycles. The van der Waals surface area contributed by atoms with Crippen LogP contribution in [0.2, 0.25) is 0 Å². The largest absolute Gasteiger partial charge is 0.384 e. The van der Waals surface area contributed by atoms with Gasteiger partial charge in [0.2, 0.25) is 0 Å². The van der Waals surface area contributed by atoms with E-state index in [0.29, 0.717) is 0 Å². The number of hydrogen-bond donors (Lipinski definition) is 2. The molecule has 0 saturated carbocycles. The number of para-hydroxylation sites is 1. The van der Waals surface area contributed by atoms with E-state index in [1.165, 1.54) is 5.69 Å². The third-order valence-corrected chi connectivity index (χ3v) is 3.17. The van der Waals surface area contributed by atoms with E-state index in [2.05, 4.69) is 24.0 Å². The number of nitrogen functional groups attached to an aromatic ring is 1. The molecule has 2 aromatic rings. The number of nitrogens with zero attached hydrogens (tertiary/aromatic N) is 1. The number of nitrogens with one attached hydrogen (secondary N) is 1. The maximum atomic E-state index is 7.64. The molecule has 0 spiro atoms. The highest BCUT2D eigenvalue weighted by atomic mass is 15.1. The predicted octanol–water partition coefficient (Wildman–Crippen LogP) is 3.00. The second-order valence-electron chi connectivity index (χ2n) is 4.42. The van der Waals surface area contributed by atoms with Gasteiger partial charge in [-0.05, 0) is 24.6 Å². The zero-order chi connectivity index (χ0) is 13.7. The van der Waals surface area contributed by atoms with Gasteiger partial charge in [0.25, 0.3) is 0 Å². The van der Waals surface area contributed by atoms with E-state index in [1.54, 1.807) is 0 Å². The number of amidine groups is 1. The quantitative estimate of drug-likeness (QED) is 0.635. The fourth-order valence-electron chi connectivity index (χ4n) is 2.15. The molecular formula is C16H19N3. The summed E-state index contributed by atoms with van der Waals surface area (Å²) in [5.74, 6) is 0.125. The van der Waals surface area contributed by atoms with Gasteiger partial charge >= 0.3 is 0 Å². The molecule has 3 heteroatoms. The Morgan fingerprint density at radius 3 is 2.32 bits per heavy atom. The average Bonchev–Trinajstić information content (AvgIpc) is 2.46. The second kappa shape index (κ2) is 6.05. The number of benzene rings is 2. The molecule has 2 rings (SSSR count). The Hall–Kier alpha value is -2.29. The van der Waals surface area contributed by atoms with Crippen molar-refractivity contribution in [3.63, 3.8) is 0 Å². The molecular weight excluding hydrogens is 234 g/mol. The molecule has 3 N–H and O–H groups in total. The zero-order valence-corrected chi connectivity index (χ0v) is 11.1. The predicted molar refractivity (Wildman–Crippen MR) is 80.6 cm³/mol. The van der Waals surface area contributed by atoms with Crippen molar-refractivity contribution < 1.29 is 0 Å². The lowest BCUT2D eigenvalue weighted by atomic mass is 10.1. The smallest absolute Gasteiger partial charge is 0.123 e. The van der Waals surface area contributed by atoms with Crippen molar-refractivity contribution in [1.29, 1.82) is 5.41 Å². The van der Waals surface area contributed by atoms with E-state index >= 15 is 0 Å². The normalized spacial score (nSPS) is 10.2. The van der Waals surface area contributed by atoms with Crippen LogP contribution in [0.1, 0.15) is 18.1 Å². The van der Waals surface area contributed by atoms with Crippen molar-refractivity contribution in [2.24, 2.45) is 5.73 Å². The first-order valence-electron chi connectivity index (χ1n) is 6.44. The van der Waals surface area contributed by atoms with Crippen LogP contribution in [0, 0.1) is 5.41 Å². The Morgan fingerprint density at radius 2 is 1.68 bits per heavy atom. The highest BCUT2D eigenvalue weighted by molar-refractivity contribution is 5.96. The van der Waals surface area contributed by atoms with Gasteiger partial charge in [0.1, 0.15) is 5.84 Å². The van der Waals surface area contributed by atoms with Crippen molar-refractivity contribution in [1.82, 2.24) is 0 Å². The SMILES string of the molecule is CCN(Cc1ccccc1C(=N)N)c1ccccc1. The minimum Gasteiger partial charge on any atom is -0.384 e. The summed E-state index contributed by atoms with van der Waals surface area (Å²) in [7, 11) is 0. The monoisotopic (exact) mass is 253 g/mol. The van der Waals surface area contributed by atoms with Crippen LogP contribution in [0.25, 0.3) is 0 Å². The van der Waals surface area contributed by atoms with Crippen LogP contribution in [0.5, 0.6) is 0 Å². The van der Waals surface area contributed by atoms with Gasteiger partial charge in [0.15, 0.2) is 0 Å². The summed E-state index contributed by atoms with van der Waals surface area (Å²) in [4.78, 5) is 2.27. The highest BCUT2D eigenvalue weighted by Gasteiger charge is 2.09. The van der Waals surface area contributed by atoms with Crippen molar-refractivity contribution in [3.05, 3.63) is 65.7 Å². The Morgan fingerprint density at radius 1 is 1.05 bits per heavy atom. The van der Waals surface area contributed by atoms with Gasteiger partial charge in [-0.15, -0.1) is 0 Å². The van der Waals surface area contributed by atoms with Gasteiger partial charge in [-0.1, -0.05) is 42.5 Å². The Kier molecular flexibility index (Phi) is 4.18. The van der Waals surface area contributed by atoms with Gasteiger partial charge in [-0.25, -0.2) is 0 Å². The zero-order valence-electron chi connectivity index (χ0n) is 11.1. The van der Waals surface area contributed by atoms with Crippen LogP contribution in [-0.2, 0) is 6.54 Å². The summed E-state index contributed by atoms with van der Waals surface area (Å²) < 4.78 is 0. The van der Waals surface area contributed by atoms with Gasteiger partial charge in [0, 0.05) is 24.3 Å². The average molecular weight is 253 g/mol. The lowest BCUT2D eigenvalue weighted by Gasteiger charge is -2.24. The molecule has 2 aromatic carbocycles. The first-order valence-corrected chi connectivity index (χ1v) is 6.44. The summed E-state index contributed by atoms with van der Waals surface area (Å²) in [5, 5.41) is 7.64. The van der Waals surface area contributed by atoms with Crippen molar-refractivity contribution in [3.8, 4) is 0 Å². The van der Waals surface area contributed by atoms with Crippen LogP contribution in [-0.4, -0.2) is 12.4 Å². The van der Waals surface area contributed by atoms with Gasteiger partial charge in [-0.3, -0.25) is 5.41 Å². The number of hydrogen-bond acceptors (Lipinski definition) is 2. The van der Waals surface area contributed by atoms with E-state index in [0.717, 1.165) is 24.2 Å². The lowest BCUT2D eigenvalue weighted by Crippen LogP contribution is -2.24. The van der Waals surface area contributed by atoms with Crippen molar-refractivity contribution >= 4 is 11.5 Å². The molecule has 0 bridgehead atoms. The van der Waals surface area contributed by atoms with Crippen LogP contribution in [0.4, 0.5) is 5.69 Å². The summed E-state index contributed by atoms with van der Waals surface area (Å²) in [5.41, 5.74) is 8.72. The van der Waals surface area contributed by atoms with Crippen molar-refractivity contribution in [2.75, 3.05) is 11.4 Å². The summed E-state index contributed by atoms with van der Waals surface area (Å²) in [6.07, 6.45) is 0. The maximum Gasteiger partial charge on any atom is 0.123 e. The standard InChI is InChI=1S/C16H19N3/c1-2-19(14-9-4-3-5-10-14)12-13-8-6-7-11-15(13)16(17)18/h3-11H,2,12H2,1H3,(H3,17,18). The Bertz CT molecular complexity index is 549. The lowest BCUT2D eigenvalue weighted by molar-refractivity contribution is 0.830. The van der Waals surface area contributed by atoms with E-state index in [4.69, 9.17) is 11.1 Å². The first-order chi connectivity index (χ1) is 9.22. The van der Waals surface area contributed by atoms with Gasteiger partial charge in [-0.2, -0.15) is 0 Å². The van der Waals surface area contributed by atoms with E-state index in [1.807, 2.05) is 42.5 Å². The van der Waals surface area contributed by atoms with E-state index in [9.17, 15) is 0 Å². The number of nitrogens with two attached hydrogens (primary N) is 1. The minimum atomic E-state index is 0.125. The molecule has 0 aliphatic rings. The molecule has 98 valence electrons. The van der Waals surface area contributed by atoms with E-state index < -0.39 is 0 Å². The summed E-state index contributed by atoms with van der Waals surface area (Å²) in [6.45, 7) is 3.80. The van der Waals surface area contributed by atoms with Gasteiger partial charge < -0.3 is 10.6 Å². The third-order valence-electron chi connectivity index (χ3n) is 3.17.